The standard InChI is InChI=1S/C8H13ClO2S/c9-7-5-4-6-2-1-3-8(7)12(6,10)11/h6-8H,1-5H2. The van der Waals surface area contributed by atoms with Crippen molar-refractivity contribution in [1.82, 2.24) is 0 Å². The van der Waals surface area contributed by atoms with E-state index in [2.05, 4.69) is 0 Å². The average Bonchev–Trinajstić information content (AvgIpc) is 1.95. The van der Waals surface area contributed by atoms with Crippen molar-refractivity contribution in [3.05, 3.63) is 0 Å². The van der Waals surface area contributed by atoms with Gasteiger partial charge in [0.15, 0.2) is 9.84 Å². The number of halogens is 1. The van der Waals surface area contributed by atoms with E-state index in [-0.39, 0.29) is 15.9 Å². The normalized spacial score (nSPS) is 45.6. The summed E-state index contributed by atoms with van der Waals surface area (Å²) in [5, 5.41) is -0.413. The van der Waals surface area contributed by atoms with Crippen LogP contribution in [0.3, 0.4) is 0 Å². The molecule has 0 amide bonds. The fourth-order valence-corrected chi connectivity index (χ4v) is 5.53. The molecule has 0 aromatic rings. The molecule has 3 atom stereocenters. The lowest BCUT2D eigenvalue weighted by molar-refractivity contribution is 0.436. The maximum atomic E-state index is 11.7. The van der Waals surface area contributed by atoms with Gasteiger partial charge in [0.2, 0.25) is 0 Å². The van der Waals surface area contributed by atoms with Gasteiger partial charge in [-0.05, 0) is 25.7 Å². The maximum Gasteiger partial charge on any atom is 0.157 e. The van der Waals surface area contributed by atoms with Crippen LogP contribution in [0.15, 0.2) is 0 Å². The van der Waals surface area contributed by atoms with E-state index in [1.54, 1.807) is 0 Å². The van der Waals surface area contributed by atoms with Crippen molar-refractivity contribution in [3.63, 3.8) is 0 Å². The molecular weight excluding hydrogens is 196 g/mol. The second-order valence-electron chi connectivity index (χ2n) is 3.77. The van der Waals surface area contributed by atoms with Crippen molar-refractivity contribution < 1.29 is 8.42 Å². The van der Waals surface area contributed by atoms with Crippen molar-refractivity contribution in [1.29, 1.82) is 0 Å². The summed E-state index contributed by atoms with van der Waals surface area (Å²) >= 11 is 5.99. The maximum absolute atomic E-state index is 11.7. The Morgan fingerprint density at radius 3 is 2.50 bits per heavy atom. The highest BCUT2D eigenvalue weighted by Crippen LogP contribution is 2.38. The molecule has 2 fully saturated rings. The van der Waals surface area contributed by atoms with Crippen LogP contribution in [0.2, 0.25) is 0 Å². The van der Waals surface area contributed by atoms with E-state index in [9.17, 15) is 8.42 Å². The van der Waals surface area contributed by atoms with Gasteiger partial charge in [-0.15, -0.1) is 11.6 Å². The molecule has 2 heterocycles. The third-order valence-electron chi connectivity index (χ3n) is 3.07. The Morgan fingerprint density at radius 2 is 1.83 bits per heavy atom. The summed E-state index contributed by atoms with van der Waals surface area (Å²) in [6, 6.07) is 0. The largest absolute Gasteiger partial charge is 0.228 e. The predicted molar refractivity (Wildman–Crippen MR) is 49.2 cm³/mol. The van der Waals surface area contributed by atoms with E-state index < -0.39 is 9.84 Å². The van der Waals surface area contributed by atoms with Crippen LogP contribution in [0.1, 0.15) is 32.1 Å². The first kappa shape index (κ1) is 8.82. The summed E-state index contributed by atoms with van der Waals surface area (Å²) in [6.07, 6.45) is 4.36. The molecule has 0 aromatic carbocycles. The summed E-state index contributed by atoms with van der Waals surface area (Å²) in [6.45, 7) is 0. The molecule has 0 spiro atoms. The van der Waals surface area contributed by atoms with Gasteiger partial charge in [0.1, 0.15) is 0 Å². The lowest BCUT2D eigenvalue weighted by atomic mass is 9.98. The van der Waals surface area contributed by atoms with Crippen LogP contribution in [-0.4, -0.2) is 24.3 Å². The molecule has 4 heteroatoms. The highest BCUT2D eigenvalue weighted by atomic mass is 35.5. The van der Waals surface area contributed by atoms with Crippen LogP contribution in [0.4, 0.5) is 0 Å². The Hall–Kier alpha value is 0.240. The molecule has 2 rings (SSSR count). The molecule has 0 aliphatic carbocycles. The zero-order valence-corrected chi connectivity index (χ0v) is 8.44. The minimum Gasteiger partial charge on any atom is -0.228 e. The zero-order chi connectivity index (χ0) is 8.77. The van der Waals surface area contributed by atoms with Gasteiger partial charge in [-0.25, -0.2) is 8.42 Å². The highest BCUT2D eigenvalue weighted by molar-refractivity contribution is 7.92. The summed E-state index contributed by atoms with van der Waals surface area (Å²) in [5.41, 5.74) is 0. The predicted octanol–water partition coefficient (Wildman–Crippen LogP) is 1.72. The lowest BCUT2D eigenvalue weighted by Crippen LogP contribution is -2.46. The number of rotatable bonds is 0. The van der Waals surface area contributed by atoms with Crippen molar-refractivity contribution >= 4 is 21.4 Å². The number of hydrogen-bond donors (Lipinski definition) is 0. The Kier molecular flexibility index (Phi) is 2.11. The van der Waals surface area contributed by atoms with Crippen molar-refractivity contribution in [3.8, 4) is 0 Å². The first-order valence-corrected chi connectivity index (χ1v) is 6.54. The zero-order valence-electron chi connectivity index (χ0n) is 6.87. The first-order chi connectivity index (χ1) is 5.62. The van der Waals surface area contributed by atoms with Gasteiger partial charge in [-0.3, -0.25) is 0 Å². The summed E-state index contributed by atoms with van der Waals surface area (Å²) in [5.74, 6) is 0. The monoisotopic (exact) mass is 208 g/mol. The summed E-state index contributed by atoms with van der Waals surface area (Å²) in [4.78, 5) is 0. The minimum absolute atomic E-state index is 0.0637. The molecule has 3 unspecified atom stereocenters. The average molecular weight is 209 g/mol. The topological polar surface area (TPSA) is 34.1 Å². The third kappa shape index (κ3) is 1.18. The Morgan fingerprint density at radius 1 is 1.08 bits per heavy atom. The van der Waals surface area contributed by atoms with Gasteiger partial charge >= 0.3 is 0 Å². The van der Waals surface area contributed by atoms with Gasteiger partial charge in [0.05, 0.1) is 15.9 Å². The SMILES string of the molecule is O=S1(=O)C2CCCC1C(Cl)CC2. The van der Waals surface area contributed by atoms with Gasteiger partial charge in [0.25, 0.3) is 0 Å². The molecule has 2 aliphatic rings. The fraction of sp³-hybridized carbons (Fsp3) is 1.00. The van der Waals surface area contributed by atoms with Crippen molar-refractivity contribution in [2.24, 2.45) is 0 Å². The summed E-state index contributed by atoms with van der Waals surface area (Å²) in [7, 11) is -2.85. The van der Waals surface area contributed by atoms with E-state index in [1.807, 2.05) is 0 Å². The van der Waals surface area contributed by atoms with Gasteiger partial charge in [0, 0.05) is 0 Å². The van der Waals surface area contributed by atoms with Crippen LogP contribution in [-0.2, 0) is 9.84 Å². The molecule has 70 valence electrons. The third-order valence-corrected chi connectivity index (χ3v) is 6.55. The Balaban J connectivity index is 2.34. The molecule has 0 N–H and O–H groups in total. The lowest BCUT2D eigenvalue weighted by Gasteiger charge is -2.37. The van der Waals surface area contributed by atoms with Gasteiger partial charge in [-0.2, -0.15) is 0 Å². The smallest absolute Gasteiger partial charge is 0.157 e. The number of fused-ring (bicyclic) bond motifs is 2. The molecule has 2 nitrogen and oxygen atoms in total. The molecule has 2 bridgehead atoms. The molecule has 2 aliphatic heterocycles. The van der Waals surface area contributed by atoms with Gasteiger partial charge in [-0.1, -0.05) is 6.42 Å². The quantitative estimate of drug-likeness (QED) is 0.569. The Bertz CT molecular complexity index is 273. The van der Waals surface area contributed by atoms with Crippen LogP contribution in [0, 0.1) is 0 Å². The van der Waals surface area contributed by atoms with E-state index in [0.717, 1.165) is 32.1 Å². The second-order valence-corrected chi connectivity index (χ2v) is 6.78. The molecule has 0 saturated carbocycles. The molecule has 0 aromatic heterocycles. The van der Waals surface area contributed by atoms with Crippen molar-refractivity contribution in [2.45, 2.75) is 48.0 Å². The van der Waals surface area contributed by atoms with E-state index in [1.165, 1.54) is 0 Å². The first-order valence-electron chi connectivity index (χ1n) is 4.49. The van der Waals surface area contributed by atoms with Gasteiger partial charge < -0.3 is 0 Å². The van der Waals surface area contributed by atoms with Crippen LogP contribution < -0.4 is 0 Å². The van der Waals surface area contributed by atoms with Crippen LogP contribution in [0.5, 0.6) is 0 Å². The van der Waals surface area contributed by atoms with Crippen LogP contribution >= 0.6 is 11.6 Å². The van der Waals surface area contributed by atoms with Crippen LogP contribution in [0.25, 0.3) is 0 Å². The van der Waals surface area contributed by atoms with Crippen molar-refractivity contribution in [2.75, 3.05) is 0 Å². The molecular formula is C8H13ClO2S. The molecule has 12 heavy (non-hydrogen) atoms. The fourth-order valence-electron chi connectivity index (χ4n) is 2.35. The van der Waals surface area contributed by atoms with E-state index >= 15 is 0 Å². The number of sulfone groups is 1. The highest BCUT2D eigenvalue weighted by Gasteiger charge is 2.44. The number of hydrogen-bond acceptors (Lipinski definition) is 2. The molecule has 2 saturated heterocycles. The van der Waals surface area contributed by atoms with E-state index in [0.29, 0.717) is 0 Å². The Labute approximate surface area is 78.2 Å². The van der Waals surface area contributed by atoms with E-state index in [4.69, 9.17) is 11.6 Å². The minimum atomic E-state index is -2.85. The summed E-state index contributed by atoms with van der Waals surface area (Å²) < 4.78 is 23.4. The number of alkyl halides is 1. The second kappa shape index (κ2) is 2.88. The molecule has 0 radical (unpaired) electrons.